The smallest absolute Gasteiger partial charge is 0.295 e. The number of carbonyl (C=O) groups is 1. The summed E-state index contributed by atoms with van der Waals surface area (Å²) in [6.45, 7) is 1.80. The van der Waals surface area contributed by atoms with Crippen LogP contribution >= 0.6 is 15.9 Å². The van der Waals surface area contributed by atoms with E-state index in [4.69, 9.17) is 0 Å². The summed E-state index contributed by atoms with van der Waals surface area (Å²) in [5.74, 6) is -0.708. The maximum absolute atomic E-state index is 13.3. The fourth-order valence-corrected chi connectivity index (χ4v) is 3.10. The SMILES string of the molecule is O=C(c1ccc(Br)cc1)N1CCN(c2ccc(F)cc2[N+](=O)[O-])CC1. The van der Waals surface area contributed by atoms with Crippen LogP contribution in [-0.4, -0.2) is 41.9 Å². The van der Waals surface area contributed by atoms with Crippen molar-refractivity contribution in [2.75, 3.05) is 31.1 Å². The van der Waals surface area contributed by atoms with Gasteiger partial charge in [-0.05, 0) is 36.4 Å². The summed E-state index contributed by atoms with van der Waals surface area (Å²) >= 11 is 3.33. The first-order chi connectivity index (χ1) is 12.0. The van der Waals surface area contributed by atoms with Crippen molar-refractivity contribution in [1.29, 1.82) is 0 Å². The standard InChI is InChI=1S/C17H15BrFN3O3/c18-13-3-1-12(2-4-13)17(23)21-9-7-20(8-10-21)15-6-5-14(19)11-16(15)22(24)25/h1-6,11H,7-10H2. The lowest BCUT2D eigenvalue weighted by atomic mass is 10.1. The number of benzene rings is 2. The second-order valence-corrected chi connectivity index (χ2v) is 6.59. The number of hydrogen-bond acceptors (Lipinski definition) is 4. The van der Waals surface area contributed by atoms with Crippen LogP contribution in [-0.2, 0) is 0 Å². The Morgan fingerprint density at radius 2 is 1.72 bits per heavy atom. The molecule has 3 rings (SSSR count). The molecule has 0 unspecified atom stereocenters. The molecule has 130 valence electrons. The summed E-state index contributed by atoms with van der Waals surface area (Å²) < 4.78 is 14.2. The van der Waals surface area contributed by atoms with Crippen LogP contribution in [0.15, 0.2) is 46.9 Å². The summed E-state index contributed by atoms with van der Waals surface area (Å²) in [6, 6.07) is 10.7. The molecule has 0 N–H and O–H groups in total. The number of nitro groups is 1. The van der Waals surface area contributed by atoms with E-state index in [2.05, 4.69) is 15.9 Å². The molecule has 0 radical (unpaired) electrons. The summed E-state index contributed by atoms with van der Waals surface area (Å²) in [5, 5.41) is 11.1. The van der Waals surface area contributed by atoms with Gasteiger partial charge in [0.2, 0.25) is 0 Å². The molecule has 0 saturated carbocycles. The van der Waals surface area contributed by atoms with Gasteiger partial charge in [0.25, 0.3) is 11.6 Å². The highest BCUT2D eigenvalue weighted by atomic mass is 79.9. The molecule has 0 aromatic heterocycles. The Balaban J connectivity index is 1.71. The van der Waals surface area contributed by atoms with Gasteiger partial charge in [0.05, 0.1) is 11.0 Å². The van der Waals surface area contributed by atoms with Crippen molar-refractivity contribution >= 4 is 33.2 Å². The van der Waals surface area contributed by atoms with E-state index in [1.165, 1.54) is 12.1 Å². The number of rotatable bonds is 3. The Hall–Kier alpha value is -2.48. The molecule has 6 nitrogen and oxygen atoms in total. The number of hydrogen-bond donors (Lipinski definition) is 0. The third kappa shape index (κ3) is 3.79. The van der Waals surface area contributed by atoms with Crippen LogP contribution in [0.2, 0.25) is 0 Å². The van der Waals surface area contributed by atoms with Gasteiger partial charge in [-0.2, -0.15) is 0 Å². The minimum absolute atomic E-state index is 0.0687. The predicted molar refractivity (Wildman–Crippen MR) is 95.3 cm³/mol. The van der Waals surface area contributed by atoms with Crippen molar-refractivity contribution in [2.45, 2.75) is 0 Å². The normalized spacial score (nSPS) is 14.5. The fourth-order valence-electron chi connectivity index (χ4n) is 2.84. The lowest BCUT2D eigenvalue weighted by molar-refractivity contribution is -0.384. The Kier molecular flexibility index (Phi) is 4.98. The van der Waals surface area contributed by atoms with E-state index in [1.54, 1.807) is 17.0 Å². The van der Waals surface area contributed by atoms with E-state index in [9.17, 15) is 19.3 Å². The lowest BCUT2D eigenvalue weighted by Crippen LogP contribution is -2.49. The molecule has 1 heterocycles. The minimum atomic E-state index is -0.639. The summed E-state index contributed by atoms with van der Waals surface area (Å²) in [6.07, 6.45) is 0. The van der Waals surface area contributed by atoms with Crippen LogP contribution in [0.4, 0.5) is 15.8 Å². The molecular formula is C17H15BrFN3O3. The van der Waals surface area contributed by atoms with Gasteiger partial charge in [0, 0.05) is 36.2 Å². The Labute approximate surface area is 152 Å². The van der Waals surface area contributed by atoms with Crippen LogP contribution in [0, 0.1) is 15.9 Å². The van der Waals surface area contributed by atoms with Crippen molar-refractivity contribution in [1.82, 2.24) is 4.90 Å². The van der Waals surface area contributed by atoms with Crippen molar-refractivity contribution < 1.29 is 14.1 Å². The first-order valence-electron chi connectivity index (χ1n) is 7.69. The lowest BCUT2D eigenvalue weighted by Gasteiger charge is -2.35. The zero-order chi connectivity index (χ0) is 18.0. The summed E-state index contributed by atoms with van der Waals surface area (Å²) in [4.78, 5) is 26.6. The largest absolute Gasteiger partial charge is 0.362 e. The van der Waals surface area contributed by atoms with Gasteiger partial charge in [0.15, 0.2) is 0 Å². The van der Waals surface area contributed by atoms with Gasteiger partial charge in [0.1, 0.15) is 11.5 Å². The molecule has 2 aromatic carbocycles. The predicted octanol–water partition coefficient (Wildman–Crippen LogP) is 3.46. The molecule has 0 bridgehead atoms. The number of nitro benzene ring substituents is 1. The molecule has 1 aliphatic rings. The Bertz CT molecular complexity index is 805. The molecule has 0 atom stereocenters. The van der Waals surface area contributed by atoms with E-state index in [0.717, 1.165) is 10.5 Å². The van der Waals surface area contributed by atoms with E-state index in [0.29, 0.717) is 37.4 Å². The van der Waals surface area contributed by atoms with Gasteiger partial charge < -0.3 is 9.80 Å². The molecule has 1 amide bonds. The highest BCUT2D eigenvalue weighted by Gasteiger charge is 2.26. The first kappa shape index (κ1) is 17.3. The van der Waals surface area contributed by atoms with Crippen molar-refractivity contribution in [2.24, 2.45) is 0 Å². The first-order valence-corrected chi connectivity index (χ1v) is 8.49. The Morgan fingerprint density at radius 3 is 2.32 bits per heavy atom. The minimum Gasteiger partial charge on any atom is -0.362 e. The molecule has 1 fully saturated rings. The topological polar surface area (TPSA) is 66.7 Å². The number of nitrogens with zero attached hydrogens (tertiary/aromatic N) is 3. The molecule has 8 heteroatoms. The molecule has 2 aromatic rings. The zero-order valence-electron chi connectivity index (χ0n) is 13.2. The van der Waals surface area contributed by atoms with E-state index in [-0.39, 0.29) is 11.6 Å². The van der Waals surface area contributed by atoms with Crippen LogP contribution in [0.5, 0.6) is 0 Å². The van der Waals surface area contributed by atoms with E-state index >= 15 is 0 Å². The van der Waals surface area contributed by atoms with Crippen molar-refractivity contribution in [3.05, 3.63) is 68.4 Å². The summed E-state index contributed by atoms with van der Waals surface area (Å²) in [7, 11) is 0. The van der Waals surface area contributed by atoms with E-state index < -0.39 is 10.7 Å². The van der Waals surface area contributed by atoms with Gasteiger partial charge in [-0.3, -0.25) is 14.9 Å². The van der Waals surface area contributed by atoms with Crippen LogP contribution in [0.3, 0.4) is 0 Å². The second-order valence-electron chi connectivity index (χ2n) is 5.68. The highest BCUT2D eigenvalue weighted by molar-refractivity contribution is 9.10. The van der Waals surface area contributed by atoms with Gasteiger partial charge in [-0.25, -0.2) is 4.39 Å². The van der Waals surface area contributed by atoms with E-state index in [1.807, 2.05) is 17.0 Å². The number of piperazine rings is 1. The molecule has 1 aliphatic heterocycles. The van der Waals surface area contributed by atoms with Crippen LogP contribution < -0.4 is 4.90 Å². The Morgan fingerprint density at radius 1 is 1.08 bits per heavy atom. The highest BCUT2D eigenvalue weighted by Crippen LogP contribution is 2.29. The molecule has 0 spiro atoms. The van der Waals surface area contributed by atoms with Crippen LogP contribution in [0.1, 0.15) is 10.4 Å². The summed E-state index contributed by atoms with van der Waals surface area (Å²) in [5.41, 5.74) is 0.722. The van der Waals surface area contributed by atoms with Crippen molar-refractivity contribution in [3.8, 4) is 0 Å². The van der Waals surface area contributed by atoms with Crippen LogP contribution in [0.25, 0.3) is 0 Å². The monoisotopic (exact) mass is 407 g/mol. The fraction of sp³-hybridized carbons (Fsp3) is 0.235. The molecule has 0 aliphatic carbocycles. The molecule has 1 saturated heterocycles. The zero-order valence-corrected chi connectivity index (χ0v) is 14.8. The number of anilines is 1. The van der Waals surface area contributed by atoms with Gasteiger partial charge in [-0.15, -0.1) is 0 Å². The quantitative estimate of drug-likeness (QED) is 0.577. The average Bonchev–Trinajstić information content (AvgIpc) is 2.62. The average molecular weight is 408 g/mol. The molecule has 25 heavy (non-hydrogen) atoms. The number of halogens is 2. The second kappa shape index (κ2) is 7.18. The van der Waals surface area contributed by atoms with Gasteiger partial charge in [-0.1, -0.05) is 15.9 Å². The maximum Gasteiger partial charge on any atom is 0.295 e. The third-order valence-electron chi connectivity index (χ3n) is 4.13. The maximum atomic E-state index is 13.3. The molecular weight excluding hydrogens is 393 g/mol. The number of amides is 1. The van der Waals surface area contributed by atoms with Gasteiger partial charge >= 0.3 is 0 Å². The van der Waals surface area contributed by atoms with Crippen molar-refractivity contribution in [3.63, 3.8) is 0 Å². The number of carbonyl (C=O) groups excluding carboxylic acids is 1. The third-order valence-corrected chi connectivity index (χ3v) is 4.66.